The lowest BCUT2D eigenvalue weighted by Crippen LogP contribution is -2.22. The van der Waals surface area contributed by atoms with E-state index in [1.54, 1.807) is 0 Å². The number of para-hydroxylation sites is 1. The van der Waals surface area contributed by atoms with Crippen LogP contribution in [0.5, 0.6) is 0 Å². The van der Waals surface area contributed by atoms with Crippen molar-refractivity contribution in [2.75, 3.05) is 18.4 Å². The van der Waals surface area contributed by atoms with Gasteiger partial charge in [-0.3, -0.25) is 0 Å². The summed E-state index contributed by atoms with van der Waals surface area (Å²) < 4.78 is 0. The van der Waals surface area contributed by atoms with Crippen LogP contribution in [0.15, 0.2) is 30.3 Å². The smallest absolute Gasteiger partial charge is 0.129 e. The predicted molar refractivity (Wildman–Crippen MR) is 80.6 cm³/mol. The Morgan fingerprint density at radius 3 is 3.05 bits per heavy atom. The molecule has 1 fully saturated rings. The Labute approximate surface area is 114 Å². The van der Waals surface area contributed by atoms with E-state index in [1.165, 1.54) is 30.2 Å². The van der Waals surface area contributed by atoms with Crippen LogP contribution >= 0.6 is 0 Å². The third kappa shape index (κ3) is 2.87. The summed E-state index contributed by atoms with van der Waals surface area (Å²) >= 11 is 0. The normalized spacial score (nSPS) is 20.2. The second kappa shape index (κ2) is 5.57. The molecule has 1 aliphatic rings. The molecule has 0 amide bonds. The van der Waals surface area contributed by atoms with Crippen molar-refractivity contribution >= 4 is 16.7 Å². The van der Waals surface area contributed by atoms with Crippen LogP contribution < -0.4 is 10.6 Å². The van der Waals surface area contributed by atoms with Gasteiger partial charge in [-0.25, -0.2) is 4.98 Å². The van der Waals surface area contributed by atoms with Crippen molar-refractivity contribution < 1.29 is 0 Å². The summed E-state index contributed by atoms with van der Waals surface area (Å²) in [5, 5.41) is 8.29. The number of fused-ring (bicyclic) bond motifs is 1. The van der Waals surface area contributed by atoms with Crippen molar-refractivity contribution in [1.29, 1.82) is 0 Å². The molecule has 0 bridgehead atoms. The molecule has 2 N–H and O–H groups in total. The molecular formula is C16H21N3. The van der Waals surface area contributed by atoms with Crippen LogP contribution in [-0.4, -0.2) is 24.1 Å². The van der Waals surface area contributed by atoms with Gasteiger partial charge in [-0.05, 0) is 57.0 Å². The number of anilines is 1. The Bertz CT molecular complexity index is 557. The number of aryl methyl sites for hydroxylation is 1. The maximum Gasteiger partial charge on any atom is 0.129 e. The average molecular weight is 255 g/mol. The summed E-state index contributed by atoms with van der Waals surface area (Å²) in [5.41, 5.74) is 2.30. The molecule has 19 heavy (non-hydrogen) atoms. The molecule has 3 heteroatoms. The van der Waals surface area contributed by atoms with E-state index in [-0.39, 0.29) is 0 Å². The highest BCUT2D eigenvalue weighted by molar-refractivity contribution is 5.81. The molecule has 3 rings (SSSR count). The minimum atomic E-state index is 0.544. The molecule has 0 saturated carbocycles. The fourth-order valence-electron chi connectivity index (χ4n) is 2.72. The molecule has 2 heterocycles. The summed E-state index contributed by atoms with van der Waals surface area (Å²) in [4.78, 5) is 4.77. The van der Waals surface area contributed by atoms with Crippen molar-refractivity contribution in [2.45, 2.75) is 32.2 Å². The second-order valence-corrected chi connectivity index (χ2v) is 5.37. The number of benzene rings is 1. The number of hydrogen-bond acceptors (Lipinski definition) is 3. The summed E-state index contributed by atoms with van der Waals surface area (Å²) in [6, 6.07) is 11.1. The minimum Gasteiger partial charge on any atom is -0.367 e. The Morgan fingerprint density at radius 2 is 2.11 bits per heavy atom. The minimum absolute atomic E-state index is 0.544. The number of rotatable bonds is 2. The number of nitrogens with one attached hydrogen (secondary N) is 2. The zero-order valence-corrected chi connectivity index (χ0v) is 11.4. The van der Waals surface area contributed by atoms with Crippen LogP contribution in [0.3, 0.4) is 0 Å². The largest absolute Gasteiger partial charge is 0.367 e. The van der Waals surface area contributed by atoms with Gasteiger partial charge in [-0.15, -0.1) is 0 Å². The van der Waals surface area contributed by atoms with E-state index >= 15 is 0 Å². The lowest BCUT2D eigenvalue weighted by Gasteiger charge is -2.18. The molecular weight excluding hydrogens is 234 g/mol. The molecule has 1 atom stereocenters. The molecule has 1 aromatic carbocycles. The van der Waals surface area contributed by atoms with Crippen molar-refractivity contribution in [2.24, 2.45) is 0 Å². The van der Waals surface area contributed by atoms with E-state index in [0.29, 0.717) is 6.04 Å². The fraction of sp³-hybridized carbons (Fsp3) is 0.438. The van der Waals surface area contributed by atoms with E-state index in [0.717, 1.165) is 24.4 Å². The first-order valence-electron chi connectivity index (χ1n) is 7.16. The molecule has 0 aliphatic carbocycles. The van der Waals surface area contributed by atoms with Gasteiger partial charge < -0.3 is 10.6 Å². The van der Waals surface area contributed by atoms with E-state index in [9.17, 15) is 0 Å². The van der Waals surface area contributed by atoms with E-state index < -0.39 is 0 Å². The van der Waals surface area contributed by atoms with Crippen LogP contribution in [-0.2, 0) is 0 Å². The van der Waals surface area contributed by atoms with Gasteiger partial charge in [0.1, 0.15) is 5.82 Å². The van der Waals surface area contributed by atoms with Gasteiger partial charge in [0.2, 0.25) is 0 Å². The molecule has 0 radical (unpaired) electrons. The van der Waals surface area contributed by atoms with Crippen LogP contribution in [0.25, 0.3) is 10.9 Å². The van der Waals surface area contributed by atoms with Crippen molar-refractivity contribution in [3.8, 4) is 0 Å². The third-order valence-electron chi connectivity index (χ3n) is 3.83. The Kier molecular flexibility index (Phi) is 3.65. The molecule has 3 nitrogen and oxygen atoms in total. The van der Waals surface area contributed by atoms with Crippen molar-refractivity contribution in [1.82, 2.24) is 10.3 Å². The van der Waals surface area contributed by atoms with Crippen molar-refractivity contribution in [3.05, 3.63) is 35.9 Å². The number of pyridine rings is 1. The van der Waals surface area contributed by atoms with Crippen LogP contribution in [0.4, 0.5) is 5.82 Å². The van der Waals surface area contributed by atoms with E-state index in [4.69, 9.17) is 4.98 Å². The Morgan fingerprint density at radius 1 is 1.21 bits per heavy atom. The standard InChI is InChI=1S/C16H21N3/c1-12-11-13-5-2-3-7-15(13)19-16(12)18-14-6-4-9-17-10-8-14/h2-3,5,7,11,14,17H,4,6,8-10H2,1H3,(H,18,19). The first-order valence-corrected chi connectivity index (χ1v) is 7.16. The maximum atomic E-state index is 4.77. The van der Waals surface area contributed by atoms with E-state index in [1.807, 2.05) is 6.07 Å². The first-order chi connectivity index (χ1) is 9.33. The molecule has 1 saturated heterocycles. The van der Waals surface area contributed by atoms with Gasteiger partial charge in [0.15, 0.2) is 0 Å². The summed E-state index contributed by atoms with van der Waals surface area (Å²) in [7, 11) is 0. The third-order valence-corrected chi connectivity index (χ3v) is 3.83. The van der Waals surface area contributed by atoms with E-state index in [2.05, 4.69) is 41.8 Å². The highest BCUT2D eigenvalue weighted by Gasteiger charge is 2.13. The monoisotopic (exact) mass is 255 g/mol. The summed E-state index contributed by atoms with van der Waals surface area (Å²) in [6.45, 7) is 4.38. The zero-order valence-electron chi connectivity index (χ0n) is 11.4. The quantitative estimate of drug-likeness (QED) is 0.866. The number of aromatic nitrogens is 1. The molecule has 0 spiro atoms. The molecule has 1 aliphatic heterocycles. The lowest BCUT2D eigenvalue weighted by atomic mass is 10.1. The first kappa shape index (κ1) is 12.4. The summed E-state index contributed by atoms with van der Waals surface area (Å²) in [6.07, 6.45) is 3.64. The van der Waals surface area contributed by atoms with Gasteiger partial charge in [-0.1, -0.05) is 18.2 Å². The Balaban J connectivity index is 1.85. The van der Waals surface area contributed by atoms with Crippen LogP contribution in [0, 0.1) is 6.92 Å². The molecule has 2 aromatic rings. The highest BCUT2D eigenvalue weighted by atomic mass is 15.0. The highest BCUT2D eigenvalue weighted by Crippen LogP contribution is 2.21. The van der Waals surface area contributed by atoms with Crippen LogP contribution in [0.2, 0.25) is 0 Å². The molecule has 1 unspecified atom stereocenters. The average Bonchev–Trinajstić information content (AvgIpc) is 2.68. The molecule has 1 aromatic heterocycles. The summed E-state index contributed by atoms with van der Waals surface area (Å²) in [5.74, 6) is 1.05. The topological polar surface area (TPSA) is 37.0 Å². The van der Waals surface area contributed by atoms with Gasteiger partial charge >= 0.3 is 0 Å². The van der Waals surface area contributed by atoms with Gasteiger partial charge in [0.25, 0.3) is 0 Å². The second-order valence-electron chi connectivity index (χ2n) is 5.37. The lowest BCUT2D eigenvalue weighted by molar-refractivity contribution is 0.635. The zero-order chi connectivity index (χ0) is 13.1. The Hall–Kier alpha value is -1.61. The predicted octanol–water partition coefficient (Wildman–Crippen LogP) is 3.10. The van der Waals surface area contributed by atoms with Gasteiger partial charge in [0, 0.05) is 11.4 Å². The number of nitrogens with zero attached hydrogens (tertiary/aromatic N) is 1. The SMILES string of the molecule is Cc1cc2ccccc2nc1NC1CCCNCC1. The van der Waals surface area contributed by atoms with Crippen LogP contribution in [0.1, 0.15) is 24.8 Å². The number of hydrogen-bond donors (Lipinski definition) is 2. The fourth-order valence-corrected chi connectivity index (χ4v) is 2.72. The van der Waals surface area contributed by atoms with Gasteiger partial charge in [-0.2, -0.15) is 0 Å². The van der Waals surface area contributed by atoms with Gasteiger partial charge in [0.05, 0.1) is 5.52 Å². The van der Waals surface area contributed by atoms with Crippen molar-refractivity contribution in [3.63, 3.8) is 0 Å². The molecule has 100 valence electrons. The maximum absolute atomic E-state index is 4.77.